The molecule has 2 aliphatic rings. The lowest BCUT2D eigenvalue weighted by Gasteiger charge is -2.33. The van der Waals surface area contributed by atoms with E-state index in [0.29, 0.717) is 53.5 Å². The Kier molecular flexibility index (Phi) is 34.8. The number of nitrogens with zero attached hydrogens (tertiary/aromatic N) is 4. The molecule has 3 aromatic carbocycles. The molecule has 3 heterocycles. The van der Waals surface area contributed by atoms with Crippen molar-refractivity contribution in [2.75, 3.05) is 96.6 Å². The van der Waals surface area contributed by atoms with Gasteiger partial charge >= 0.3 is 5.97 Å². The lowest BCUT2D eigenvalue weighted by atomic mass is 9.90. The summed E-state index contributed by atoms with van der Waals surface area (Å²) in [6, 6.07) is 14.5. The number of aliphatic hydroxyl groups is 2. The molecule has 18 N–H and O–H groups in total. The highest BCUT2D eigenvalue weighted by atomic mass is 33.1. The van der Waals surface area contributed by atoms with E-state index in [2.05, 4.69) is 31.6 Å². The van der Waals surface area contributed by atoms with Crippen molar-refractivity contribution >= 4 is 103 Å². The molecule has 0 bridgehead atoms. The average molecular weight is 1450 g/mol. The van der Waals surface area contributed by atoms with Gasteiger partial charge < -0.3 is 74.9 Å². The molecule has 30 nitrogen and oxygen atoms in total. The van der Waals surface area contributed by atoms with Crippen LogP contribution in [0.1, 0.15) is 76.5 Å². The summed E-state index contributed by atoms with van der Waals surface area (Å²) in [7, 11) is 1.91. The van der Waals surface area contributed by atoms with Gasteiger partial charge in [-0.3, -0.25) is 77.1 Å². The van der Waals surface area contributed by atoms with E-state index >= 15 is 19.2 Å². The third-order valence-electron chi connectivity index (χ3n) is 17.6. The molecule has 0 radical (unpaired) electrons. The third-order valence-corrected chi connectivity index (χ3v) is 20.1. The van der Waals surface area contributed by atoms with Gasteiger partial charge in [0.1, 0.15) is 17.8 Å². The number of carbonyl (C=O) groups excluding carboxylic acids is 11. The molecule has 0 unspecified atom stereocenters. The van der Waals surface area contributed by atoms with Crippen LogP contribution in [-0.4, -0.2) is 255 Å². The minimum absolute atomic E-state index is 0. The molecule has 2 fully saturated rings. The highest BCUT2D eigenvalue weighted by molar-refractivity contribution is 8.76. The number of H-pyrrole nitrogens is 1. The topological polar surface area (TPSA) is 479 Å². The SMILES string of the molecule is C.C[C@@H](O)[C@H](CC(=O)[C@@H]1CSSC[C@H](CC(=O)[C@@H](Cc2ccccc2)NC(=O)CN2CCN(CC(N)=O)CCN(CC(N)=O)CCN(CC(N)=O)CC2)C(=O)N[C@@H](Cc2ccc(O)cc2)C(=O)N[C@H](Cc2c[nH]c3ccccc23)C(=O)N[C@@H](CCCCN)C(=O)C[C@@H]([C@@H](C)O)C(=O)N1)C(=O)O. The minimum atomic E-state index is -1.62. The van der Waals surface area contributed by atoms with E-state index in [1.165, 1.54) is 38.1 Å². The second kappa shape index (κ2) is 42.2. The molecule has 101 heavy (non-hydrogen) atoms. The number of fused-ring (bicyclic) bond motifs is 1. The average Bonchev–Trinajstić information content (AvgIpc) is 1.76. The number of rotatable bonds is 28. The number of aromatic nitrogens is 1. The lowest BCUT2D eigenvalue weighted by molar-refractivity contribution is -0.148. The Morgan fingerprint density at radius 1 is 0.624 bits per heavy atom. The van der Waals surface area contributed by atoms with Crippen LogP contribution < -0.4 is 49.5 Å². The number of nitrogens with one attached hydrogen (secondary N) is 6. The predicted octanol–water partition coefficient (Wildman–Crippen LogP) is -1.26. The summed E-state index contributed by atoms with van der Waals surface area (Å²) < 4.78 is 0. The Morgan fingerprint density at radius 2 is 1.15 bits per heavy atom. The maximum atomic E-state index is 15.4. The number of Topliss-reactive ketones (excluding diaryl/α,β-unsaturated/α-hetero) is 3. The van der Waals surface area contributed by atoms with Gasteiger partial charge in [0, 0.05) is 113 Å². The van der Waals surface area contributed by atoms with Crippen LogP contribution in [-0.2, 0) is 76.8 Å². The molecule has 32 heteroatoms. The number of para-hydroxylation sites is 1. The number of ketones is 3. The van der Waals surface area contributed by atoms with Gasteiger partial charge in [0.25, 0.3) is 0 Å². The second-order valence-corrected chi connectivity index (χ2v) is 28.1. The number of aromatic amines is 1. The van der Waals surface area contributed by atoms with Crippen LogP contribution in [0.15, 0.2) is 85.1 Å². The molecule has 0 spiro atoms. The fourth-order valence-electron chi connectivity index (χ4n) is 11.9. The highest BCUT2D eigenvalue weighted by Crippen LogP contribution is 2.29. The van der Waals surface area contributed by atoms with Crippen LogP contribution in [0.2, 0.25) is 0 Å². The van der Waals surface area contributed by atoms with Crippen LogP contribution in [0, 0.1) is 17.8 Å². The van der Waals surface area contributed by atoms with E-state index in [-0.39, 0.29) is 122 Å². The summed E-state index contributed by atoms with van der Waals surface area (Å²) in [5.74, 6) is -14.9. The number of benzene rings is 3. The fraction of sp³-hybridized carbons (Fsp3) is 0.536. The Hall–Kier alpha value is -8.34. The van der Waals surface area contributed by atoms with Crippen molar-refractivity contribution in [2.45, 2.75) is 121 Å². The summed E-state index contributed by atoms with van der Waals surface area (Å²) in [4.78, 5) is 178. The summed E-state index contributed by atoms with van der Waals surface area (Å²) >= 11 is 0. The van der Waals surface area contributed by atoms with E-state index in [1.807, 2.05) is 6.07 Å². The number of phenols is 1. The number of carboxylic acids is 1. The van der Waals surface area contributed by atoms with Gasteiger partial charge in [0.05, 0.1) is 74.3 Å². The molecule has 6 rings (SSSR count). The van der Waals surface area contributed by atoms with Crippen LogP contribution >= 0.6 is 21.6 Å². The number of amides is 8. The zero-order chi connectivity index (χ0) is 73.0. The zero-order valence-corrected chi connectivity index (χ0v) is 58.1. The van der Waals surface area contributed by atoms with E-state index in [0.717, 1.165) is 21.6 Å². The predicted molar refractivity (Wildman–Crippen MR) is 382 cm³/mol. The Labute approximate surface area is 595 Å². The van der Waals surface area contributed by atoms with Crippen molar-refractivity contribution in [3.05, 3.63) is 102 Å². The highest BCUT2D eigenvalue weighted by Gasteiger charge is 2.38. The molecule has 4 aromatic rings. The summed E-state index contributed by atoms with van der Waals surface area (Å²) in [5.41, 5.74) is 25.1. The van der Waals surface area contributed by atoms with Gasteiger partial charge in [0.2, 0.25) is 47.3 Å². The minimum Gasteiger partial charge on any atom is -0.508 e. The first-order chi connectivity index (χ1) is 47.7. The van der Waals surface area contributed by atoms with Crippen LogP contribution in [0.3, 0.4) is 0 Å². The first-order valence-corrected chi connectivity index (χ1v) is 35.9. The Bertz CT molecular complexity index is 3410. The number of primary amides is 3. The molecule has 2 aliphatic heterocycles. The largest absolute Gasteiger partial charge is 0.508 e. The first kappa shape index (κ1) is 83.3. The third kappa shape index (κ3) is 28.2. The van der Waals surface area contributed by atoms with Gasteiger partial charge in [-0.1, -0.05) is 89.7 Å². The van der Waals surface area contributed by atoms with Gasteiger partial charge in [-0.25, -0.2) is 0 Å². The smallest absolute Gasteiger partial charge is 0.309 e. The number of aliphatic hydroxyl groups excluding tert-OH is 2. The standard InChI is InChI=1S/C68H96N14O16S2.CH4/c1-41(83)49-32-58(87)52(14-8-9-19-69)75-67(96)55(30-45-34-73-51-13-7-6-12-48(45)51)77-66(95)54(29-44-15-17-47(85)18-16-44)76-64(93)46(39-99-100-40-56(78-65(49)94)59(88)33-50(42(2)84)68(97)98)31-57(86)53(28-43-10-4-3-5-11-43)74-63(92)38-82-26-24-80(36-61(71)90)22-20-79(35-60(70)89)21-23-81(25-27-82)37-62(72)91;/h3-7,10-13,15-18,34,41-42,46,49-50,52-56,73,83-85H,8-9,14,19-33,35-40,69H2,1-2H3,(H2,70,89)(H2,71,90)(H2,72,91)(H,74,92)(H,75,96)(H,76,93)(H,77,95)(H,78,94)(H,97,98);1H4/t41-,42-,46+,49+,50+,52+,53-,54+,55-,56+;/m1./s1. The number of aromatic hydroxyl groups is 1. The van der Waals surface area contributed by atoms with Gasteiger partial charge in [0.15, 0.2) is 17.3 Å². The molecular formula is C69H100N14O16S2. The van der Waals surface area contributed by atoms with Crippen LogP contribution in [0.25, 0.3) is 10.9 Å². The number of aliphatic carboxylic acids is 1. The van der Waals surface area contributed by atoms with E-state index in [9.17, 15) is 58.8 Å². The molecule has 0 saturated carbocycles. The molecular weight excluding hydrogens is 1340 g/mol. The molecule has 8 amide bonds. The summed E-state index contributed by atoms with van der Waals surface area (Å²) in [5, 5.41) is 56.6. The molecule has 10 atom stereocenters. The summed E-state index contributed by atoms with van der Waals surface area (Å²) in [6.45, 7) is 3.86. The molecule has 2 saturated heterocycles. The van der Waals surface area contributed by atoms with Crippen LogP contribution in [0.5, 0.6) is 5.75 Å². The number of hydrogen-bond donors (Lipinski definition) is 14. The molecule has 0 aliphatic carbocycles. The van der Waals surface area contributed by atoms with Gasteiger partial charge in [-0.05, 0) is 81.0 Å². The quantitative estimate of drug-likeness (QED) is 0.0233. The van der Waals surface area contributed by atoms with Crippen molar-refractivity contribution < 1.29 is 78.0 Å². The van der Waals surface area contributed by atoms with E-state index < -0.39 is 150 Å². The number of phenolic OH excluding ortho intramolecular Hbond substituents is 1. The first-order valence-electron chi connectivity index (χ1n) is 33.4. The maximum Gasteiger partial charge on any atom is 0.309 e. The number of unbranched alkanes of at least 4 members (excludes halogenated alkanes) is 1. The van der Waals surface area contributed by atoms with E-state index in [1.54, 1.807) is 74.3 Å². The van der Waals surface area contributed by atoms with Crippen molar-refractivity contribution in [3.63, 3.8) is 0 Å². The van der Waals surface area contributed by atoms with Crippen molar-refractivity contribution in [1.82, 2.24) is 51.2 Å². The zero-order valence-electron chi connectivity index (χ0n) is 56.4. The second-order valence-electron chi connectivity index (χ2n) is 25.6. The Balaban J connectivity index is 0.0000184. The molecule has 1 aromatic heterocycles. The van der Waals surface area contributed by atoms with E-state index in [4.69, 9.17) is 22.9 Å². The number of carboxylic acid groups (broad SMARTS) is 1. The Morgan fingerprint density at radius 3 is 1.69 bits per heavy atom. The lowest BCUT2D eigenvalue weighted by Crippen LogP contribution is -2.57. The van der Waals surface area contributed by atoms with Crippen molar-refractivity contribution in [1.29, 1.82) is 0 Å². The van der Waals surface area contributed by atoms with Crippen molar-refractivity contribution in [2.24, 2.45) is 40.7 Å². The van der Waals surface area contributed by atoms with Crippen LogP contribution in [0.4, 0.5) is 0 Å². The fourth-order valence-corrected chi connectivity index (χ4v) is 14.4. The number of carbonyl (C=O) groups is 12. The normalized spacial score (nSPS) is 21.8. The van der Waals surface area contributed by atoms with Crippen molar-refractivity contribution in [3.8, 4) is 5.75 Å². The maximum absolute atomic E-state index is 15.4. The number of hydrogen-bond acceptors (Lipinski definition) is 22. The summed E-state index contributed by atoms with van der Waals surface area (Å²) in [6.07, 6.45) is -3.20. The number of nitrogens with two attached hydrogens (primary N) is 4. The van der Waals surface area contributed by atoms with Gasteiger partial charge in [-0.2, -0.15) is 0 Å². The van der Waals surface area contributed by atoms with Gasteiger partial charge in [-0.15, -0.1) is 0 Å². The monoisotopic (exact) mass is 1440 g/mol. The molecule has 554 valence electrons.